The number of amides is 1. The first-order chi connectivity index (χ1) is 14.1. The Labute approximate surface area is 178 Å². The first-order valence-electron chi connectivity index (χ1n) is 9.16. The van der Waals surface area contributed by atoms with Gasteiger partial charge in [0.05, 0.1) is 4.92 Å². The van der Waals surface area contributed by atoms with E-state index in [-0.39, 0.29) is 17.1 Å². The van der Waals surface area contributed by atoms with Gasteiger partial charge in [-0.1, -0.05) is 0 Å². The number of rotatable bonds is 11. The molecule has 2 N–H and O–H groups in total. The third-order valence-corrected chi connectivity index (χ3v) is 4.25. The van der Waals surface area contributed by atoms with Gasteiger partial charge < -0.3 is 14.8 Å². The van der Waals surface area contributed by atoms with Gasteiger partial charge in [0.15, 0.2) is 11.6 Å². The molecule has 0 bridgehead atoms. The Balaban J connectivity index is 2.47. The molecule has 0 aliphatic rings. The molecule has 12 heteroatoms. The summed E-state index contributed by atoms with van der Waals surface area (Å²) in [6, 6.07) is 3.62. The summed E-state index contributed by atoms with van der Waals surface area (Å²) in [5.41, 5.74) is -0.808. The highest BCUT2D eigenvalue weighted by molar-refractivity contribution is 7.97. The molecular weight excluding hydrogens is 414 g/mol. The Morgan fingerprint density at radius 1 is 1.40 bits per heavy atom. The van der Waals surface area contributed by atoms with Crippen molar-refractivity contribution in [3.8, 4) is 6.07 Å². The lowest BCUT2D eigenvalue weighted by molar-refractivity contribution is -0.388. The molecule has 0 saturated heterocycles. The van der Waals surface area contributed by atoms with Crippen molar-refractivity contribution in [1.29, 1.82) is 5.26 Å². The van der Waals surface area contributed by atoms with Crippen LogP contribution in [0.25, 0.3) is 0 Å². The topological polar surface area (TPSA) is 156 Å². The summed E-state index contributed by atoms with van der Waals surface area (Å²) in [4.78, 5) is 38.4. The summed E-state index contributed by atoms with van der Waals surface area (Å²) in [5, 5.41) is 22.2. The molecular formula is C18H25N5O6S. The Bertz CT molecular complexity index is 777. The van der Waals surface area contributed by atoms with E-state index in [9.17, 15) is 19.7 Å². The van der Waals surface area contributed by atoms with Crippen molar-refractivity contribution in [2.45, 2.75) is 56.7 Å². The van der Waals surface area contributed by atoms with Crippen LogP contribution in [0.2, 0.25) is 0 Å². The fraction of sp³-hybridized carbons (Fsp3) is 0.556. The third-order valence-electron chi connectivity index (χ3n) is 3.39. The maximum Gasteiger partial charge on any atom is 0.408 e. The molecule has 0 fully saturated rings. The summed E-state index contributed by atoms with van der Waals surface area (Å²) in [6.07, 6.45) is 2.15. The number of nitro groups is 1. The van der Waals surface area contributed by atoms with Crippen molar-refractivity contribution in [1.82, 2.24) is 15.0 Å². The lowest BCUT2D eigenvalue weighted by atomic mass is 10.1. The number of hydrogen-bond acceptors (Lipinski definition) is 10. The molecule has 0 saturated carbocycles. The van der Waals surface area contributed by atoms with Gasteiger partial charge in [-0.3, -0.25) is 14.8 Å². The Morgan fingerprint density at radius 3 is 2.77 bits per heavy atom. The van der Waals surface area contributed by atoms with E-state index >= 15 is 0 Å². The van der Waals surface area contributed by atoms with E-state index in [2.05, 4.69) is 15.0 Å². The van der Waals surface area contributed by atoms with Gasteiger partial charge in [0.2, 0.25) is 0 Å². The summed E-state index contributed by atoms with van der Waals surface area (Å²) in [6.45, 7) is 5.18. The van der Waals surface area contributed by atoms with Crippen molar-refractivity contribution in [3.63, 3.8) is 0 Å². The fourth-order valence-electron chi connectivity index (χ4n) is 2.17. The molecule has 1 atom stereocenters. The molecule has 0 radical (unpaired) electrons. The second-order valence-electron chi connectivity index (χ2n) is 7.04. The number of alkyl carbamates (subject to hydrolysis) is 1. The lowest BCUT2D eigenvalue weighted by Crippen LogP contribution is -2.44. The number of nitrogens with zero attached hydrogens (tertiary/aromatic N) is 3. The van der Waals surface area contributed by atoms with Crippen molar-refractivity contribution in [3.05, 3.63) is 28.4 Å². The summed E-state index contributed by atoms with van der Waals surface area (Å²) < 4.78 is 12.9. The predicted molar refractivity (Wildman–Crippen MR) is 108 cm³/mol. The minimum absolute atomic E-state index is 0.0862. The second kappa shape index (κ2) is 12.6. The average Bonchev–Trinajstić information content (AvgIpc) is 2.66. The van der Waals surface area contributed by atoms with Crippen LogP contribution in [-0.2, 0) is 14.3 Å². The smallest absolute Gasteiger partial charge is 0.408 e. The van der Waals surface area contributed by atoms with Crippen molar-refractivity contribution < 1.29 is 24.0 Å². The summed E-state index contributed by atoms with van der Waals surface area (Å²) in [7, 11) is 0. The largest absolute Gasteiger partial charge is 0.449 e. The van der Waals surface area contributed by atoms with Gasteiger partial charge in [0.25, 0.3) is 0 Å². The highest BCUT2D eigenvalue weighted by Gasteiger charge is 2.25. The maximum absolute atomic E-state index is 12.1. The van der Waals surface area contributed by atoms with Gasteiger partial charge in [-0.25, -0.2) is 14.6 Å². The number of aromatic nitrogens is 1. The van der Waals surface area contributed by atoms with Crippen LogP contribution in [0.1, 0.15) is 40.0 Å². The number of nitrogens with one attached hydrogen (secondary N) is 2. The zero-order valence-corrected chi connectivity index (χ0v) is 17.9. The maximum atomic E-state index is 12.1. The summed E-state index contributed by atoms with van der Waals surface area (Å²) >= 11 is 1.05. The quantitative estimate of drug-likeness (QED) is 0.173. The number of carbonyl (C=O) groups excluding carboxylic acids is 2. The van der Waals surface area contributed by atoms with Gasteiger partial charge >= 0.3 is 17.7 Å². The zero-order valence-electron chi connectivity index (χ0n) is 17.0. The normalized spacial score (nSPS) is 11.8. The van der Waals surface area contributed by atoms with Gasteiger partial charge in [0, 0.05) is 18.8 Å². The lowest BCUT2D eigenvalue weighted by Gasteiger charge is -2.22. The van der Waals surface area contributed by atoms with E-state index < -0.39 is 35.2 Å². The minimum atomic E-state index is -0.947. The van der Waals surface area contributed by atoms with Gasteiger partial charge in [-0.05, 0) is 58.0 Å². The number of ether oxygens (including phenoxy) is 2. The number of unbranched alkanes of at least 4 members (excludes halogenated alkanes) is 1. The molecule has 30 heavy (non-hydrogen) atoms. The van der Waals surface area contributed by atoms with E-state index in [0.29, 0.717) is 19.4 Å². The van der Waals surface area contributed by atoms with E-state index in [1.807, 2.05) is 0 Å². The molecule has 1 amide bonds. The van der Waals surface area contributed by atoms with Gasteiger partial charge in [-0.15, -0.1) is 0 Å². The number of hydrogen-bond donors (Lipinski definition) is 2. The number of carbonyl (C=O) groups is 2. The van der Waals surface area contributed by atoms with Crippen LogP contribution < -0.4 is 10.0 Å². The van der Waals surface area contributed by atoms with E-state index in [4.69, 9.17) is 14.7 Å². The van der Waals surface area contributed by atoms with E-state index in [0.717, 1.165) is 11.9 Å². The second-order valence-corrected chi connectivity index (χ2v) is 7.92. The van der Waals surface area contributed by atoms with E-state index in [1.165, 1.54) is 18.3 Å². The molecule has 11 nitrogen and oxygen atoms in total. The molecule has 0 aliphatic heterocycles. The molecule has 0 aromatic carbocycles. The average molecular weight is 439 g/mol. The Hall–Kier alpha value is -2.91. The van der Waals surface area contributed by atoms with Crippen LogP contribution in [0, 0.1) is 21.4 Å². The monoisotopic (exact) mass is 439 g/mol. The molecule has 164 valence electrons. The van der Waals surface area contributed by atoms with Crippen molar-refractivity contribution in [2.75, 3.05) is 13.2 Å². The first kappa shape index (κ1) is 25.1. The zero-order chi connectivity index (χ0) is 22.6. The van der Waals surface area contributed by atoms with Crippen LogP contribution in [0.4, 0.5) is 10.5 Å². The number of nitriles is 1. The first-order valence-corrected chi connectivity index (χ1v) is 9.98. The highest BCUT2D eigenvalue weighted by Crippen LogP contribution is 2.23. The van der Waals surface area contributed by atoms with Crippen LogP contribution in [0.15, 0.2) is 23.4 Å². The molecule has 1 aromatic rings. The van der Waals surface area contributed by atoms with Crippen LogP contribution in [0.3, 0.4) is 0 Å². The van der Waals surface area contributed by atoms with Crippen LogP contribution in [0.5, 0.6) is 0 Å². The summed E-state index contributed by atoms with van der Waals surface area (Å²) in [5.74, 6) is -0.714. The fourth-order valence-corrected chi connectivity index (χ4v) is 2.91. The standard InChI is InChI=1S/C18H25N5O6S/c1-18(2,3)29-17(25)22-13(16(24)28-12-9-19)7-4-5-11-21-30-15-14(23(26)27)8-6-10-20-15/h6,8,10,13,21H,4-5,7,11-12H2,1-3H3,(H,22,25). The molecule has 0 spiro atoms. The SMILES string of the molecule is CC(C)(C)OC(=O)NC(CCCCNSc1ncccc1[N+](=O)[O-])C(=O)OCC#N. The number of pyridine rings is 1. The molecule has 1 aromatic heterocycles. The third kappa shape index (κ3) is 10.0. The van der Waals surface area contributed by atoms with Gasteiger partial charge in [0.1, 0.15) is 17.7 Å². The number of esters is 1. The van der Waals surface area contributed by atoms with Crippen molar-refractivity contribution >= 4 is 29.7 Å². The molecule has 0 aliphatic carbocycles. The predicted octanol–water partition coefficient (Wildman–Crippen LogP) is 2.72. The van der Waals surface area contributed by atoms with Gasteiger partial charge in [-0.2, -0.15) is 5.26 Å². The van der Waals surface area contributed by atoms with Crippen LogP contribution in [-0.4, -0.2) is 46.8 Å². The minimum Gasteiger partial charge on any atom is -0.449 e. The molecule has 1 rings (SSSR count). The Morgan fingerprint density at radius 2 is 2.13 bits per heavy atom. The van der Waals surface area contributed by atoms with Crippen molar-refractivity contribution in [2.24, 2.45) is 0 Å². The molecule has 1 heterocycles. The molecule has 1 unspecified atom stereocenters. The van der Waals surface area contributed by atoms with E-state index in [1.54, 1.807) is 26.8 Å². The van der Waals surface area contributed by atoms with Crippen LogP contribution >= 0.6 is 11.9 Å². The highest BCUT2D eigenvalue weighted by atomic mass is 32.2. The Kier molecular flexibility index (Phi) is 10.6.